The zero-order valence-electron chi connectivity index (χ0n) is 10.3. The maximum absolute atomic E-state index is 9.19. The number of nitrogens with one attached hydrogen (secondary N) is 1. The van der Waals surface area contributed by atoms with Gasteiger partial charge in [0.05, 0.1) is 17.7 Å². The summed E-state index contributed by atoms with van der Waals surface area (Å²) in [4.78, 5) is 1.18. The molecule has 0 atom stereocenters. The first-order valence-corrected chi connectivity index (χ1v) is 7.58. The van der Waals surface area contributed by atoms with Crippen LogP contribution in [0.4, 0.5) is 5.69 Å². The van der Waals surface area contributed by atoms with Crippen molar-refractivity contribution < 1.29 is 0 Å². The van der Waals surface area contributed by atoms with Crippen LogP contribution in [-0.2, 0) is 6.54 Å². The zero-order valence-corrected chi connectivity index (χ0v) is 12.7. The topological polar surface area (TPSA) is 61.6 Å². The molecule has 0 amide bonds. The van der Waals surface area contributed by atoms with E-state index < -0.39 is 0 Å². The van der Waals surface area contributed by atoms with Gasteiger partial charge in [0.25, 0.3) is 0 Å². The lowest BCUT2D eigenvalue weighted by Crippen LogP contribution is -2.04. The third-order valence-electron chi connectivity index (χ3n) is 2.89. The smallest absolute Gasteiger partial charge is 0.186 e. The van der Waals surface area contributed by atoms with Gasteiger partial charge in [-0.3, -0.25) is 0 Å². The Bertz CT molecular complexity index is 806. The van der Waals surface area contributed by atoms with Crippen LogP contribution in [-0.4, -0.2) is 10.2 Å². The van der Waals surface area contributed by atoms with Crippen LogP contribution in [0, 0.1) is 11.3 Å². The van der Waals surface area contributed by atoms with E-state index in [0.29, 0.717) is 12.2 Å². The van der Waals surface area contributed by atoms with Gasteiger partial charge in [-0.1, -0.05) is 18.2 Å². The molecule has 0 saturated heterocycles. The van der Waals surface area contributed by atoms with Gasteiger partial charge >= 0.3 is 0 Å². The molecule has 3 rings (SSSR count). The lowest BCUT2D eigenvalue weighted by atomic mass is 10.1. The van der Waals surface area contributed by atoms with Gasteiger partial charge in [-0.25, -0.2) is 0 Å². The number of anilines is 1. The fraction of sp³-hybridized carbons (Fsp3) is 0.0714. The molecule has 0 aliphatic heterocycles. The minimum atomic E-state index is 0.316. The van der Waals surface area contributed by atoms with E-state index in [9.17, 15) is 5.26 Å². The third-order valence-corrected chi connectivity index (χ3v) is 4.82. The van der Waals surface area contributed by atoms with Crippen LogP contribution in [0.25, 0.3) is 10.9 Å². The first kappa shape index (κ1) is 13.0. The van der Waals surface area contributed by atoms with Crippen molar-refractivity contribution in [3.8, 4) is 6.07 Å². The number of rotatable bonds is 3. The van der Waals surface area contributed by atoms with Crippen molar-refractivity contribution in [1.29, 1.82) is 5.26 Å². The van der Waals surface area contributed by atoms with Crippen LogP contribution in [0.1, 0.15) is 10.6 Å². The second-order valence-electron chi connectivity index (χ2n) is 4.10. The monoisotopic (exact) mass is 344 g/mol. The number of hydrogen-bond acceptors (Lipinski definition) is 5. The van der Waals surface area contributed by atoms with Gasteiger partial charge in [-0.05, 0) is 33.4 Å². The normalized spacial score (nSPS) is 10.4. The van der Waals surface area contributed by atoms with Crippen LogP contribution in [0.2, 0.25) is 0 Å². The van der Waals surface area contributed by atoms with Crippen molar-refractivity contribution in [1.82, 2.24) is 10.2 Å². The summed E-state index contributed by atoms with van der Waals surface area (Å²) in [6.45, 7) is 0.641. The Labute approximate surface area is 128 Å². The van der Waals surface area contributed by atoms with E-state index in [0.717, 1.165) is 21.1 Å². The standard InChI is InChI=1S/C14H9BrN4S/c15-10-5-6-20-13(10)8-17-14-9-3-1-2-4-11(9)18-19-12(14)7-16/h1-6H,8H2,(H,17,18). The predicted octanol–water partition coefficient (Wildman–Crippen LogP) is 3.94. The lowest BCUT2D eigenvalue weighted by molar-refractivity contribution is 1.04. The molecule has 1 N–H and O–H groups in total. The van der Waals surface area contributed by atoms with E-state index in [1.165, 1.54) is 4.88 Å². The van der Waals surface area contributed by atoms with E-state index in [-0.39, 0.29) is 0 Å². The Balaban J connectivity index is 2.01. The van der Waals surface area contributed by atoms with Gasteiger partial charge < -0.3 is 5.32 Å². The molecule has 2 heterocycles. The summed E-state index contributed by atoms with van der Waals surface area (Å²) >= 11 is 5.16. The quantitative estimate of drug-likeness (QED) is 0.781. The average Bonchev–Trinajstić information content (AvgIpc) is 2.90. The van der Waals surface area contributed by atoms with Gasteiger partial charge in [0, 0.05) is 14.7 Å². The Morgan fingerprint density at radius 1 is 1.25 bits per heavy atom. The number of halogens is 1. The predicted molar refractivity (Wildman–Crippen MR) is 83.6 cm³/mol. The van der Waals surface area contributed by atoms with E-state index in [1.54, 1.807) is 11.3 Å². The Kier molecular flexibility index (Phi) is 3.63. The second kappa shape index (κ2) is 5.57. The van der Waals surface area contributed by atoms with Crippen molar-refractivity contribution in [2.24, 2.45) is 0 Å². The fourth-order valence-electron chi connectivity index (χ4n) is 1.93. The molecule has 0 aliphatic carbocycles. The fourth-order valence-corrected chi connectivity index (χ4v) is 3.36. The molecule has 0 bridgehead atoms. The summed E-state index contributed by atoms with van der Waals surface area (Å²) < 4.78 is 1.07. The van der Waals surface area contributed by atoms with Crippen molar-refractivity contribution in [3.63, 3.8) is 0 Å². The number of aromatic nitrogens is 2. The van der Waals surface area contributed by atoms with Crippen LogP contribution in [0.5, 0.6) is 0 Å². The molecule has 0 fully saturated rings. The summed E-state index contributed by atoms with van der Waals surface area (Å²) in [5.41, 5.74) is 1.83. The summed E-state index contributed by atoms with van der Waals surface area (Å²) in [6.07, 6.45) is 0. The highest BCUT2D eigenvalue weighted by Gasteiger charge is 2.10. The number of fused-ring (bicyclic) bond motifs is 1. The summed E-state index contributed by atoms with van der Waals surface area (Å²) in [7, 11) is 0. The van der Waals surface area contributed by atoms with Crippen molar-refractivity contribution in [2.75, 3.05) is 5.32 Å². The highest BCUT2D eigenvalue weighted by atomic mass is 79.9. The molecule has 3 aromatic rings. The summed E-state index contributed by atoms with van der Waals surface area (Å²) in [6, 6.07) is 11.8. The second-order valence-corrected chi connectivity index (χ2v) is 5.95. The number of nitriles is 1. The van der Waals surface area contributed by atoms with Gasteiger partial charge in [0.1, 0.15) is 6.07 Å². The number of hydrogen-bond donors (Lipinski definition) is 1. The third kappa shape index (κ3) is 2.38. The van der Waals surface area contributed by atoms with E-state index in [4.69, 9.17) is 0 Å². The SMILES string of the molecule is N#Cc1nnc2ccccc2c1NCc1sccc1Br. The molecule has 0 spiro atoms. The Morgan fingerprint density at radius 3 is 2.85 bits per heavy atom. The Morgan fingerprint density at radius 2 is 2.10 bits per heavy atom. The maximum Gasteiger partial charge on any atom is 0.186 e. The van der Waals surface area contributed by atoms with Gasteiger partial charge in [-0.15, -0.1) is 21.5 Å². The van der Waals surface area contributed by atoms with Crippen LogP contribution in [0.15, 0.2) is 40.2 Å². The van der Waals surface area contributed by atoms with Gasteiger partial charge in [-0.2, -0.15) is 5.26 Å². The zero-order chi connectivity index (χ0) is 13.9. The van der Waals surface area contributed by atoms with E-state index >= 15 is 0 Å². The first-order valence-electron chi connectivity index (χ1n) is 5.91. The number of benzene rings is 1. The highest BCUT2D eigenvalue weighted by Crippen LogP contribution is 2.27. The van der Waals surface area contributed by atoms with E-state index in [1.807, 2.05) is 35.7 Å². The molecule has 0 saturated carbocycles. The molecular formula is C14H9BrN4S. The van der Waals surface area contributed by atoms with Crippen molar-refractivity contribution in [2.45, 2.75) is 6.54 Å². The summed E-state index contributed by atoms with van der Waals surface area (Å²) in [5.74, 6) is 0. The molecular weight excluding hydrogens is 336 g/mol. The van der Waals surface area contributed by atoms with Crippen molar-refractivity contribution >= 4 is 43.9 Å². The van der Waals surface area contributed by atoms with Crippen LogP contribution in [0.3, 0.4) is 0 Å². The first-order chi connectivity index (χ1) is 9.79. The van der Waals surface area contributed by atoms with Gasteiger partial charge in [0.2, 0.25) is 0 Å². The molecule has 1 aromatic carbocycles. The average molecular weight is 345 g/mol. The molecule has 20 heavy (non-hydrogen) atoms. The van der Waals surface area contributed by atoms with Crippen LogP contribution < -0.4 is 5.32 Å². The Hall–Kier alpha value is -1.97. The largest absolute Gasteiger partial charge is 0.377 e. The minimum Gasteiger partial charge on any atom is -0.377 e. The maximum atomic E-state index is 9.19. The molecule has 98 valence electrons. The molecule has 0 unspecified atom stereocenters. The number of nitrogens with zero attached hydrogens (tertiary/aromatic N) is 3. The summed E-state index contributed by atoms with van der Waals surface area (Å²) in [5, 5.41) is 23.5. The van der Waals surface area contributed by atoms with Crippen LogP contribution >= 0.6 is 27.3 Å². The molecule has 2 aromatic heterocycles. The lowest BCUT2D eigenvalue weighted by Gasteiger charge is -2.09. The minimum absolute atomic E-state index is 0.316. The van der Waals surface area contributed by atoms with Gasteiger partial charge in [0.15, 0.2) is 5.69 Å². The molecule has 0 radical (unpaired) electrons. The van der Waals surface area contributed by atoms with Crippen molar-refractivity contribution in [3.05, 3.63) is 50.8 Å². The molecule has 0 aliphatic rings. The molecule has 6 heteroatoms. The van der Waals surface area contributed by atoms with E-state index in [2.05, 4.69) is 37.5 Å². The number of thiophene rings is 1. The highest BCUT2D eigenvalue weighted by molar-refractivity contribution is 9.10. The molecule has 4 nitrogen and oxygen atoms in total.